The predicted molar refractivity (Wildman–Crippen MR) is 166 cm³/mol. The third kappa shape index (κ3) is 6.01. The molecule has 5 aromatic rings. The molecule has 1 aliphatic rings. The Morgan fingerprint density at radius 2 is 1.93 bits per heavy atom. The SMILES string of the molecule is CC1=C(C(=O)NCc2cnn(Cc3ccccc3)c2)C(c2ccc(C)cc2Cl)N=C(Nc2nc3cccc([N+](=O)[O-])c3o2)N1. The van der Waals surface area contributed by atoms with Gasteiger partial charge in [0.25, 0.3) is 5.91 Å². The molecule has 0 saturated heterocycles. The number of oxazole rings is 1. The number of amides is 1. The van der Waals surface area contributed by atoms with Crippen molar-refractivity contribution < 1.29 is 14.1 Å². The van der Waals surface area contributed by atoms with Crippen LogP contribution in [0, 0.1) is 17.0 Å². The minimum Gasteiger partial charge on any atom is -0.416 e. The quantitative estimate of drug-likeness (QED) is 0.151. The van der Waals surface area contributed by atoms with Gasteiger partial charge in [-0.1, -0.05) is 60.1 Å². The van der Waals surface area contributed by atoms with Crippen molar-refractivity contribution in [1.82, 2.24) is 25.4 Å². The number of benzene rings is 3. The molecule has 0 saturated carbocycles. The summed E-state index contributed by atoms with van der Waals surface area (Å²) in [5.74, 6) is -0.0928. The van der Waals surface area contributed by atoms with E-state index in [1.54, 1.807) is 19.2 Å². The van der Waals surface area contributed by atoms with E-state index in [1.165, 1.54) is 12.1 Å². The largest absolute Gasteiger partial charge is 0.416 e. The summed E-state index contributed by atoms with van der Waals surface area (Å²) in [5.41, 5.74) is 4.62. The number of rotatable bonds is 8. The monoisotopic (exact) mass is 610 g/mol. The number of anilines is 1. The van der Waals surface area contributed by atoms with E-state index in [1.807, 2.05) is 66.3 Å². The van der Waals surface area contributed by atoms with Gasteiger partial charge < -0.3 is 15.1 Å². The van der Waals surface area contributed by atoms with E-state index in [0.717, 1.165) is 16.7 Å². The lowest BCUT2D eigenvalue weighted by atomic mass is 9.95. The van der Waals surface area contributed by atoms with Gasteiger partial charge in [-0.25, -0.2) is 4.99 Å². The van der Waals surface area contributed by atoms with Crippen LogP contribution < -0.4 is 16.0 Å². The third-order valence-electron chi connectivity index (χ3n) is 7.08. The van der Waals surface area contributed by atoms with Crippen LogP contribution in [0.1, 0.15) is 35.2 Å². The second kappa shape index (κ2) is 12.0. The molecule has 1 unspecified atom stereocenters. The Hall–Kier alpha value is -5.49. The smallest absolute Gasteiger partial charge is 0.313 e. The maximum atomic E-state index is 13.7. The summed E-state index contributed by atoms with van der Waals surface area (Å²) in [6.07, 6.45) is 3.62. The molecule has 13 heteroatoms. The van der Waals surface area contributed by atoms with E-state index < -0.39 is 11.0 Å². The van der Waals surface area contributed by atoms with E-state index in [-0.39, 0.29) is 35.7 Å². The van der Waals surface area contributed by atoms with Crippen LogP contribution >= 0.6 is 11.6 Å². The molecule has 0 radical (unpaired) electrons. The van der Waals surface area contributed by atoms with Crippen molar-refractivity contribution in [2.45, 2.75) is 33.0 Å². The molecule has 3 N–H and O–H groups in total. The first-order valence-electron chi connectivity index (χ1n) is 13.7. The molecule has 6 rings (SSSR count). The highest BCUT2D eigenvalue weighted by Crippen LogP contribution is 2.36. The van der Waals surface area contributed by atoms with Gasteiger partial charge in [0.1, 0.15) is 11.6 Å². The molecule has 1 amide bonds. The van der Waals surface area contributed by atoms with Crippen LogP contribution in [-0.2, 0) is 17.9 Å². The number of aliphatic imine (C=N–C) groups is 1. The predicted octanol–water partition coefficient (Wildman–Crippen LogP) is 5.65. The lowest BCUT2D eigenvalue weighted by Gasteiger charge is -2.27. The Morgan fingerprint density at radius 3 is 2.70 bits per heavy atom. The number of nitrogens with one attached hydrogen (secondary N) is 3. The van der Waals surface area contributed by atoms with Crippen molar-refractivity contribution in [2.24, 2.45) is 4.99 Å². The number of nitro benzene ring substituents is 1. The van der Waals surface area contributed by atoms with Crippen molar-refractivity contribution in [2.75, 3.05) is 5.32 Å². The number of guanidine groups is 1. The van der Waals surface area contributed by atoms with Gasteiger partial charge >= 0.3 is 11.7 Å². The number of halogens is 1. The number of para-hydroxylation sites is 1. The number of hydrogen-bond donors (Lipinski definition) is 3. The molecule has 44 heavy (non-hydrogen) atoms. The molecule has 0 fully saturated rings. The molecule has 0 spiro atoms. The van der Waals surface area contributed by atoms with Crippen LogP contribution in [0.5, 0.6) is 0 Å². The van der Waals surface area contributed by atoms with E-state index in [9.17, 15) is 14.9 Å². The summed E-state index contributed by atoms with van der Waals surface area (Å²) in [7, 11) is 0. The normalized spacial score (nSPS) is 14.7. The Morgan fingerprint density at radius 1 is 1.11 bits per heavy atom. The van der Waals surface area contributed by atoms with Crippen molar-refractivity contribution in [3.63, 3.8) is 0 Å². The summed E-state index contributed by atoms with van der Waals surface area (Å²) < 4.78 is 7.49. The van der Waals surface area contributed by atoms with Crippen molar-refractivity contribution in [3.8, 4) is 0 Å². The van der Waals surface area contributed by atoms with Crippen molar-refractivity contribution in [1.29, 1.82) is 0 Å². The summed E-state index contributed by atoms with van der Waals surface area (Å²) in [4.78, 5) is 33.6. The number of allylic oxidation sites excluding steroid dienone is 1. The van der Waals surface area contributed by atoms with E-state index in [2.05, 4.69) is 26.0 Å². The molecule has 222 valence electrons. The zero-order valence-corrected chi connectivity index (χ0v) is 24.5. The zero-order valence-electron chi connectivity index (χ0n) is 23.7. The molecule has 3 aromatic carbocycles. The number of aromatic nitrogens is 3. The van der Waals surface area contributed by atoms with Gasteiger partial charge in [-0.05, 0) is 37.1 Å². The summed E-state index contributed by atoms with van der Waals surface area (Å²) in [5, 5.41) is 25.4. The van der Waals surface area contributed by atoms with Gasteiger partial charge in [-0.2, -0.15) is 10.1 Å². The van der Waals surface area contributed by atoms with Crippen LogP contribution in [0.3, 0.4) is 0 Å². The topological polar surface area (TPSA) is 153 Å². The highest BCUT2D eigenvalue weighted by Gasteiger charge is 2.31. The standard InChI is InChI=1S/C31H27ClN8O4/c1-18-11-12-22(23(32)13-18)27-26(29(41)33-14-21-15-34-39(17-21)16-20-7-4-3-5-8-20)19(2)35-30(37-27)38-31-36-24-9-6-10-25(40(42)43)28(24)44-31/h3-13,15,17,27H,14,16H2,1-2H3,(H,33,41)(H2,35,36,37,38). The highest BCUT2D eigenvalue weighted by atomic mass is 35.5. The Kier molecular flexibility index (Phi) is 7.82. The summed E-state index contributed by atoms with van der Waals surface area (Å²) in [6, 6.07) is 19.3. The fourth-order valence-electron chi connectivity index (χ4n) is 4.98. The van der Waals surface area contributed by atoms with Crippen LogP contribution in [-0.4, -0.2) is 31.6 Å². The van der Waals surface area contributed by atoms with Crippen LogP contribution in [0.4, 0.5) is 11.7 Å². The molecular weight excluding hydrogens is 584 g/mol. The molecule has 1 aliphatic heterocycles. The lowest BCUT2D eigenvalue weighted by molar-refractivity contribution is -0.383. The van der Waals surface area contributed by atoms with Gasteiger partial charge in [-0.3, -0.25) is 24.9 Å². The van der Waals surface area contributed by atoms with E-state index >= 15 is 0 Å². The number of non-ortho nitro benzene ring substituents is 1. The first kappa shape index (κ1) is 28.6. The molecule has 2 aromatic heterocycles. The van der Waals surface area contributed by atoms with Crippen molar-refractivity contribution in [3.05, 3.63) is 128 Å². The van der Waals surface area contributed by atoms with Crippen LogP contribution in [0.15, 0.2) is 99.8 Å². The molecule has 12 nitrogen and oxygen atoms in total. The number of aryl methyl sites for hydroxylation is 1. The Labute approximate surface area is 256 Å². The van der Waals surface area contributed by atoms with Gasteiger partial charge in [0, 0.05) is 40.7 Å². The lowest BCUT2D eigenvalue weighted by Crippen LogP contribution is -2.39. The molecule has 0 aliphatic carbocycles. The molecule has 0 bridgehead atoms. The second-order valence-electron chi connectivity index (χ2n) is 10.3. The number of nitrogens with zero attached hydrogens (tertiary/aromatic N) is 5. The van der Waals surface area contributed by atoms with Gasteiger partial charge in [0.05, 0.1) is 23.2 Å². The summed E-state index contributed by atoms with van der Waals surface area (Å²) >= 11 is 6.66. The fourth-order valence-corrected chi connectivity index (χ4v) is 5.32. The Bertz CT molecular complexity index is 1950. The van der Waals surface area contributed by atoms with Crippen LogP contribution in [0.2, 0.25) is 5.02 Å². The number of hydrogen-bond acceptors (Lipinski definition) is 9. The maximum Gasteiger partial charge on any atom is 0.313 e. The maximum absolute atomic E-state index is 13.7. The first-order chi connectivity index (χ1) is 21.2. The number of fused-ring (bicyclic) bond motifs is 1. The van der Waals surface area contributed by atoms with Crippen LogP contribution in [0.25, 0.3) is 11.1 Å². The second-order valence-corrected chi connectivity index (χ2v) is 10.7. The highest BCUT2D eigenvalue weighted by molar-refractivity contribution is 6.31. The zero-order chi connectivity index (χ0) is 30.8. The fraction of sp³-hybridized carbons (Fsp3) is 0.161. The number of carbonyl (C=O) groups excluding carboxylic acids is 1. The minimum atomic E-state index is -0.772. The summed E-state index contributed by atoms with van der Waals surface area (Å²) in [6.45, 7) is 4.56. The van der Waals surface area contributed by atoms with Crippen molar-refractivity contribution >= 4 is 46.3 Å². The molecular formula is C31H27ClN8O4. The molecule has 3 heterocycles. The Balaban J connectivity index is 1.24. The number of nitro groups is 1. The van der Waals surface area contributed by atoms with Gasteiger partial charge in [0.2, 0.25) is 11.5 Å². The third-order valence-corrected chi connectivity index (χ3v) is 7.41. The van der Waals surface area contributed by atoms with Gasteiger partial charge in [0.15, 0.2) is 0 Å². The molecule has 1 atom stereocenters. The van der Waals surface area contributed by atoms with Gasteiger partial charge in [-0.15, -0.1) is 0 Å². The number of carbonyl (C=O) groups is 1. The van der Waals surface area contributed by atoms with E-state index in [4.69, 9.17) is 21.0 Å². The minimum absolute atomic E-state index is 0.00233. The van der Waals surface area contributed by atoms with E-state index in [0.29, 0.717) is 33.9 Å². The average molecular weight is 611 g/mol. The average Bonchev–Trinajstić information content (AvgIpc) is 3.62. The first-order valence-corrected chi connectivity index (χ1v) is 14.1.